The fourth-order valence-electron chi connectivity index (χ4n) is 5.24. The first-order chi connectivity index (χ1) is 17.2. The number of fused-ring (bicyclic) bond motifs is 6. The molecule has 0 spiro atoms. The minimum atomic E-state index is -1.00. The van der Waals surface area contributed by atoms with E-state index in [2.05, 4.69) is 95.6 Å². The molecule has 5 aromatic carbocycles. The van der Waals surface area contributed by atoms with E-state index in [0.29, 0.717) is 5.46 Å². The maximum Gasteiger partial charge on any atom is 0.410 e. The normalized spacial score (nSPS) is 11.7. The van der Waals surface area contributed by atoms with Crippen LogP contribution in [0.2, 0.25) is 0 Å². The molecule has 0 aliphatic carbocycles. The minimum Gasteiger partial charge on any atom is -0.434 e. The lowest BCUT2D eigenvalue weighted by molar-refractivity contribution is 0.588. The predicted octanol–water partition coefficient (Wildman–Crippen LogP) is 6.46. The van der Waals surface area contributed by atoms with Gasteiger partial charge in [-0.3, -0.25) is 0 Å². The summed E-state index contributed by atoms with van der Waals surface area (Å²) < 4.78 is 4.89. The van der Waals surface area contributed by atoms with Crippen molar-refractivity contribution in [2.45, 2.75) is 0 Å². The molecule has 0 bridgehead atoms. The Kier molecular flexibility index (Phi) is 4.58. The van der Waals surface area contributed by atoms with Crippen LogP contribution in [0.1, 0.15) is 0 Å². The van der Waals surface area contributed by atoms with E-state index in [1.807, 2.05) is 29.5 Å². The van der Waals surface area contributed by atoms with Crippen molar-refractivity contribution in [3.05, 3.63) is 109 Å². The second-order valence-electron chi connectivity index (χ2n) is 8.90. The van der Waals surface area contributed by atoms with Crippen LogP contribution in [0.5, 0.6) is 0 Å². The molecule has 2 heterocycles. The molecule has 0 unspecified atom stereocenters. The van der Waals surface area contributed by atoms with Crippen molar-refractivity contribution in [1.82, 2.24) is 4.57 Å². The van der Waals surface area contributed by atoms with Crippen LogP contribution in [0.25, 0.3) is 58.8 Å². The number of hydrogen-bond acceptors (Lipinski definition) is 3. The Morgan fingerprint density at radius 3 is 2.29 bits per heavy atom. The van der Waals surface area contributed by atoms with Gasteiger partial charge in [0.05, 0.1) is 11.0 Å². The third-order valence-electron chi connectivity index (χ3n) is 6.86. The third-order valence-corrected chi connectivity index (χ3v) is 8.08. The molecule has 0 saturated carbocycles. The van der Waals surface area contributed by atoms with E-state index < -0.39 is 7.05 Å². The van der Waals surface area contributed by atoms with Crippen molar-refractivity contribution in [2.24, 2.45) is 5.64 Å². The van der Waals surface area contributed by atoms with Crippen LogP contribution in [0, 0.1) is 0 Å². The van der Waals surface area contributed by atoms with Gasteiger partial charge in [0.2, 0.25) is 0 Å². The Bertz CT molecular complexity index is 1900. The maximum atomic E-state index is 9.94. The smallest absolute Gasteiger partial charge is 0.410 e. The summed E-state index contributed by atoms with van der Waals surface area (Å²) in [4.78, 5) is 0. The van der Waals surface area contributed by atoms with Crippen LogP contribution in [0.15, 0.2) is 109 Å². The van der Waals surface area contributed by atoms with Crippen LogP contribution in [0.4, 0.5) is 0 Å². The number of rotatable bonds is 3. The van der Waals surface area contributed by atoms with Gasteiger partial charge in [0, 0.05) is 36.6 Å². The summed E-state index contributed by atoms with van der Waals surface area (Å²) in [5, 5.41) is 15.0. The van der Waals surface area contributed by atoms with Crippen LogP contribution in [0.3, 0.4) is 0 Å². The Labute approximate surface area is 206 Å². The molecular formula is C30H21BN2OS. The van der Waals surface area contributed by atoms with Crippen LogP contribution < -0.4 is 11.1 Å². The van der Waals surface area contributed by atoms with Crippen molar-refractivity contribution in [1.29, 1.82) is 0 Å². The van der Waals surface area contributed by atoms with Crippen molar-refractivity contribution >= 4 is 65.8 Å². The average Bonchev–Trinajstić information content (AvgIpc) is 3.44. The molecule has 0 aliphatic rings. The van der Waals surface area contributed by atoms with Crippen LogP contribution in [-0.4, -0.2) is 16.6 Å². The quantitative estimate of drug-likeness (QED) is 0.292. The summed E-state index contributed by atoms with van der Waals surface area (Å²) >= 11 is 1.86. The van der Waals surface area contributed by atoms with E-state index in [1.54, 1.807) is 0 Å². The molecule has 0 amide bonds. The van der Waals surface area contributed by atoms with E-state index in [1.165, 1.54) is 42.1 Å². The number of hydrogen-bond donors (Lipinski definition) is 2. The average molecular weight is 468 g/mol. The molecule has 7 rings (SSSR count). The Balaban J connectivity index is 1.50. The number of para-hydroxylation sites is 1. The summed E-state index contributed by atoms with van der Waals surface area (Å²) in [6.07, 6.45) is 0. The summed E-state index contributed by atoms with van der Waals surface area (Å²) in [7, 11) is -1.00. The molecule has 0 atom stereocenters. The lowest BCUT2D eigenvalue weighted by Gasteiger charge is -2.10. The van der Waals surface area contributed by atoms with Gasteiger partial charge in [0.15, 0.2) is 0 Å². The molecule has 35 heavy (non-hydrogen) atoms. The molecule has 0 fully saturated rings. The van der Waals surface area contributed by atoms with E-state index in [0.717, 1.165) is 16.7 Å². The first kappa shape index (κ1) is 20.5. The van der Waals surface area contributed by atoms with E-state index in [-0.39, 0.29) is 0 Å². The zero-order chi connectivity index (χ0) is 23.5. The summed E-state index contributed by atoms with van der Waals surface area (Å²) in [6.45, 7) is 0. The summed E-state index contributed by atoms with van der Waals surface area (Å²) in [5.41, 5.74) is 12.2. The van der Waals surface area contributed by atoms with Gasteiger partial charge in [-0.05, 0) is 53.0 Å². The highest BCUT2D eigenvalue weighted by molar-refractivity contribution is 7.26. The predicted molar refractivity (Wildman–Crippen MR) is 151 cm³/mol. The van der Waals surface area contributed by atoms with Crippen molar-refractivity contribution in [2.75, 3.05) is 0 Å². The van der Waals surface area contributed by atoms with Gasteiger partial charge in [-0.15, -0.1) is 11.3 Å². The zero-order valence-electron chi connectivity index (χ0n) is 18.8. The number of nitrogens with zero attached hydrogens (tertiary/aromatic N) is 1. The van der Waals surface area contributed by atoms with E-state index >= 15 is 0 Å². The number of aromatic nitrogens is 1. The fraction of sp³-hybridized carbons (Fsp3) is 0. The monoisotopic (exact) mass is 468 g/mol. The standard InChI is InChI=1S/C30H21BN2OS/c32-31(34)20-7-5-8-21(18-20)33-27-13-3-1-9-23(27)26-17-19(15-16-28(26)33)22-11-6-12-25-24-10-2-4-14-29(24)35-30(22)25/h1-18,34H,32H2. The molecule has 7 aromatic rings. The highest BCUT2D eigenvalue weighted by Crippen LogP contribution is 2.41. The van der Waals surface area contributed by atoms with Gasteiger partial charge >= 0.3 is 7.05 Å². The van der Waals surface area contributed by atoms with Crippen molar-refractivity contribution in [3.63, 3.8) is 0 Å². The fourth-order valence-corrected chi connectivity index (χ4v) is 6.48. The van der Waals surface area contributed by atoms with Gasteiger partial charge in [-0.2, -0.15) is 0 Å². The van der Waals surface area contributed by atoms with Gasteiger partial charge in [-0.1, -0.05) is 72.8 Å². The lowest BCUT2D eigenvalue weighted by atomic mass is 9.76. The molecule has 166 valence electrons. The summed E-state index contributed by atoms with van der Waals surface area (Å²) in [5.74, 6) is 0. The van der Waals surface area contributed by atoms with Crippen LogP contribution >= 0.6 is 11.3 Å². The third kappa shape index (κ3) is 3.13. The van der Waals surface area contributed by atoms with Crippen molar-refractivity contribution < 1.29 is 5.02 Å². The maximum absolute atomic E-state index is 9.94. The van der Waals surface area contributed by atoms with Crippen molar-refractivity contribution in [3.8, 4) is 16.8 Å². The molecule has 3 N–H and O–H groups in total. The van der Waals surface area contributed by atoms with Gasteiger partial charge in [0.25, 0.3) is 0 Å². The van der Waals surface area contributed by atoms with E-state index in [4.69, 9.17) is 5.64 Å². The van der Waals surface area contributed by atoms with E-state index in [9.17, 15) is 5.02 Å². The van der Waals surface area contributed by atoms with Crippen LogP contribution in [-0.2, 0) is 0 Å². The van der Waals surface area contributed by atoms with Gasteiger partial charge < -0.3 is 15.2 Å². The molecule has 3 nitrogen and oxygen atoms in total. The molecular weight excluding hydrogens is 447 g/mol. The molecule has 0 aliphatic heterocycles. The zero-order valence-corrected chi connectivity index (χ0v) is 19.7. The SMILES string of the molecule is NB(O)c1cccc(-n2c3ccccc3c3cc(-c4cccc5c4sc4ccccc45)ccc32)c1. The number of nitrogens with two attached hydrogens (primary N) is 1. The Hall–Kier alpha value is -3.90. The Morgan fingerprint density at radius 1 is 0.657 bits per heavy atom. The largest absolute Gasteiger partial charge is 0.434 e. The molecule has 2 aromatic heterocycles. The number of thiophene rings is 1. The molecule has 0 radical (unpaired) electrons. The summed E-state index contributed by atoms with van der Waals surface area (Å²) in [6, 6.07) is 38.3. The molecule has 0 saturated heterocycles. The number of benzene rings is 5. The topological polar surface area (TPSA) is 51.2 Å². The van der Waals surface area contributed by atoms with Gasteiger partial charge in [0.1, 0.15) is 0 Å². The Morgan fingerprint density at radius 2 is 1.40 bits per heavy atom. The second-order valence-corrected chi connectivity index (χ2v) is 9.96. The molecule has 5 heteroatoms. The highest BCUT2D eigenvalue weighted by Gasteiger charge is 2.16. The first-order valence-electron chi connectivity index (χ1n) is 11.7. The lowest BCUT2D eigenvalue weighted by Crippen LogP contribution is -2.39. The second kappa shape index (κ2) is 7.82. The minimum absolute atomic E-state index is 0.696. The van der Waals surface area contributed by atoms with Gasteiger partial charge in [-0.25, -0.2) is 0 Å². The first-order valence-corrected chi connectivity index (χ1v) is 12.5. The highest BCUT2D eigenvalue weighted by atomic mass is 32.1.